The number of fused-ring (bicyclic) bond motifs is 2. The molecule has 5 nitrogen and oxygen atoms in total. The zero-order chi connectivity index (χ0) is 20.3. The first-order valence-electron chi connectivity index (χ1n) is 11.4. The molecule has 2 aromatic rings. The van der Waals surface area contributed by atoms with Crippen molar-refractivity contribution < 1.29 is 9.53 Å². The maximum Gasteiger partial charge on any atom is 0.256 e. The largest absolute Gasteiger partial charge is 0.379 e. The molecule has 1 aromatic carbocycles. The number of carbonyl (C=O) groups excluding carboxylic acids is 1. The van der Waals surface area contributed by atoms with Crippen molar-refractivity contribution in [1.82, 2.24) is 9.88 Å². The van der Waals surface area contributed by atoms with Gasteiger partial charge < -0.3 is 15.0 Å². The Hall–Kier alpha value is -2.37. The number of morpholine rings is 1. The van der Waals surface area contributed by atoms with Crippen molar-refractivity contribution in [3.63, 3.8) is 0 Å². The number of rotatable bonds is 5. The van der Waals surface area contributed by atoms with Crippen molar-refractivity contribution in [3.05, 3.63) is 52.3 Å². The van der Waals surface area contributed by atoms with Crippen LogP contribution in [0.3, 0.4) is 0 Å². The summed E-state index contributed by atoms with van der Waals surface area (Å²) >= 11 is 0. The third-order valence-electron chi connectivity index (χ3n) is 6.70. The summed E-state index contributed by atoms with van der Waals surface area (Å²) in [5, 5.41) is 3.01. The highest BCUT2D eigenvalue weighted by Crippen LogP contribution is 2.35. The second-order valence-corrected chi connectivity index (χ2v) is 8.65. The van der Waals surface area contributed by atoms with E-state index in [-0.39, 0.29) is 5.91 Å². The predicted molar refractivity (Wildman–Crippen MR) is 121 cm³/mol. The molecule has 0 unspecified atom stereocenters. The van der Waals surface area contributed by atoms with Crippen LogP contribution in [0.5, 0.6) is 0 Å². The molecule has 1 aromatic heterocycles. The van der Waals surface area contributed by atoms with Crippen molar-refractivity contribution in [2.45, 2.75) is 44.9 Å². The molecule has 1 amide bonds. The molecule has 0 bridgehead atoms. The fraction of sp³-hybridized carbons (Fsp3) is 0.480. The minimum absolute atomic E-state index is 0.000242. The first-order chi connectivity index (χ1) is 14.8. The minimum Gasteiger partial charge on any atom is -0.379 e. The summed E-state index contributed by atoms with van der Waals surface area (Å²) in [7, 11) is 0. The van der Waals surface area contributed by atoms with Gasteiger partial charge in [0.15, 0.2) is 0 Å². The summed E-state index contributed by atoms with van der Waals surface area (Å²) < 4.78 is 5.48. The van der Waals surface area contributed by atoms with Crippen LogP contribution >= 0.6 is 0 Å². The summed E-state index contributed by atoms with van der Waals surface area (Å²) in [4.78, 5) is 18.9. The number of nitrogens with zero attached hydrogens (tertiary/aromatic N) is 1. The van der Waals surface area contributed by atoms with E-state index in [1.165, 1.54) is 36.1 Å². The van der Waals surface area contributed by atoms with Gasteiger partial charge in [0.05, 0.1) is 18.8 Å². The monoisotopic (exact) mass is 405 g/mol. The number of hydrogen-bond acceptors (Lipinski definition) is 3. The highest BCUT2D eigenvalue weighted by molar-refractivity contribution is 6.34. The van der Waals surface area contributed by atoms with Crippen LogP contribution in [0, 0.1) is 0 Å². The van der Waals surface area contributed by atoms with Gasteiger partial charge in [-0.25, -0.2) is 0 Å². The van der Waals surface area contributed by atoms with Crippen molar-refractivity contribution >= 4 is 23.2 Å². The fourth-order valence-electron chi connectivity index (χ4n) is 5.09. The molecule has 1 saturated heterocycles. The fourth-order valence-corrected chi connectivity index (χ4v) is 5.09. The lowest BCUT2D eigenvalue weighted by atomic mass is 9.98. The van der Waals surface area contributed by atoms with E-state index in [0.717, 1.165) is 81.0 Å². The Bertz CT molecular complexity index is 953. The van der Waals surface area contributed by atoms with Gasteiger partial charge in [-0.2, -0.15) is 0 Å². The number of aromatic nitrogens is 1. The van der Waals surface area contributed by atoms with Gasteiger partial charge >= 0.3 is 0 Å². The lowest BCUT2D eigenvalue weighted by Crippen LogP contribution is -2.37. The molecule has 0 radical (unpaired) electrons. The van der Waals surface area contributed by atoms with Crippen molar-refractivity contribution in [2.75, 3.05) is 38.2 Å². The van der Waals surface area contributed by atoms with Crippen LogP contribution in [0.4, 0.5) is 5.69 Å². The zero-order valence-corrected chi connectivity index (χ0v) is 17.6. The van der Waals surface area contributed by atoms with Gasteiger partial charge in [0.1, 0.15) is 0 Å². The molecule has 3 aliphatic rings. The van der Waals surface area contributed by atoms with E-state index in [4.69, 9.17) is 4.74 Å². The number of anilines is 1. The summed E-state index contributed by atoms with van der Waals surface area (Å²) in [6.07, 6.45) is 10.4. The van der Waals surface area contributed by atoms with E-state index in [0.29, 0.717) is 0 Å². The molecule has 2 aliphatic heterocycles. The van der Waals surface area contributed by atoms with Crippen LogP contribution in [0.25, 0.3) is 11.6 Å². The first-order valence-corrected chi connectivity index (χ1v) is 11.4. The third kappa shape index (κ3) is 3.96. The first kappa shape index (κ1) is 19.6. The molecule has 3 heterocycles. The highest BCUT2D eigenvalue weighted by atomic mass is 16.5. The number of benzene rings is 1. The van der Waals surface area contributed by atoms with E-state index in [1.54, 1.807) is 0 Å². The summed E-state index contributed by atoms with van der Waals surface area (Å²) in [5.74, 6) is 0.000242. The van der Waals surface area contributed by atoms with Crippen molar-refractivity contribution in [3.8, 4) is 0 Å². The normalized spacial score (nSPS) is 20.7. The van der Waals surface area contributed by atoms with E-state index in [9.17, 15) is 4.79 Å². The van der Waals surface area contributed by atoms with E-state index in [2.05, 4.69) is 21.3 Å². The van der Waals surface area contributed by atoms with Crippen LogP contribution in [0.2, 0.25) is 0 Å². The molecule has 5 rings (SSSR count). The Morgan fingerprint density at radius 2 is 1.90 bits per heavy atom. The summed E-state index contributed by atoms with van der Waals surface area (Å²) in [5.41, 5.74) is 8.19. The molecule has 1 aliphatic carbocycles. The number of ether oxygens (including phenoxy) is 1. The van der Waals surface area contributed by atoms with Gasteiger partial charge in [-0.15, -0.1) is 0 Å². The maximum absolute atomic E-state index is 12.7. The predicted octanol–water partition coefficient (Wildman–Crippen LogP) is 4.04. The number of aryl methyl sites for hydroxylation is 1. The number of hydrogen-bond donors (Lipinski definition) is 2. The second kappa shape index (κ2) is 8.78. The Morgan fingerprint density at radius 3 is 2.80 bits per heavy atom. The topological polar surface area (TPSA) is 57.4 Å². The Kier molecular flexibility index (Phi) is 5.73. The van der Waals surface area contributed by atoms with Crippen LogP contribution in [0.1, 0.15) is 53.8 Å². The molecule has 0 saturated carbocycles. The Balaban J connectivity index is 1.43. The SMILES string of the molecule is O=C1Nc2ccccc2C1=Cc1[nH]c2c(c1CCCN1CCOCC1)CCCCC2. The maximum atomic E-state index is 12.7. The highest BCUT2D eigenvalue weighted by Gasteiger charge is 2.25. The third-order valence-corrected chi connectivity index (χ3v) is 6.70. The van der Waals surface area contributed by atoms with Crippen LogP contribution < -0.4 is 5.32 Å². The number of para-hydroxylation sites is 1. The zero-order valence-electron chi connectivity index (χ0n) is 17.6. The van der Waals surface area contributed by atoms with Gasteiger partial charge in [0.25, 0.3) is 5.91 Å². The van der Waals surface area contributed by atoms with Gasteiger partial charge in [0.2, 0.25) is 0 Å². The van der Waals surface area contributed by atoms with Crippen LogP contribution in [0.15, 0.2) is 24.3 Å². The molecule has 0 spiro atoms. The standard InChI is InChI=1S/C25H31N3O2/c29-25-21(20-8-4-5-11-23(20)27-25)17-24-19(9-6-12-28-13-15-30-16-14-28)18-7-2-1-3-10-22(18)26-24/h4-5,8,11,17,26H,1-3,6-7,9-10,12-16H2,(H,27,29). The Labute approximate surface area is 178 Å². The Morgan fingerprint density at radius 1 is 1.07 bits per heavy atom. The van der Waals surface area contributed by atoms with Gasteiger partial charge in [-0.3, -0.25) is 9.69 Å². The van der Waals surface area contributed by atoms with Gasteiger partial charge in [-0.05, 0) is 68.3 Å². The number of nitrogens with one attached hydrogen (secondary N) is 2. The van der Waals surface area contributed by atoms with E-state index >= 15 is 0 Å². The average Bonchev–Trinajstić information content (AvgIpc) is 3.15. The molecule has 5 heteroatoms. The van der Waals surface area contributed by atoms with Crippen molar-refractivity contribution in [1.29, 1.82) is 0 Å². The molecular weight excluding hydrogens is 374 g/mol. The second-order valence-electron chi connectivity index (χ2n) is 8.65. The van der Waals surface area contributed by atoms with Crippen LogP contribution in [-0.4, -0.2) is 48.6 Å². The van der Waals surface area contributed by atoms with Crippen LogP contribution in [-0.2, 0) is 28.8 Å². The minimum atomic E-state index is 0.000242. The molecular formula is C25H31N3O2. The van der Waals surface area contributed by atoms with Gasteiger partial charge in [0, 0.05) is 35.7 Å². The number of H-pyrrole nitrogens is 1. The average molecular weight is 406 g/mol. The number of aromatic amines is 1. The van der Waals surface area contributed by atoms with E-state index in [1.807, 2.05) is 24.3 Å². The lowest BCUT2D eigenvalue weighted by molar-refractivity contribution is -0.110. The molecule has 2 N–H and O–H groups in total. The molecule has 158 valence electrons. The lowest BCUT2D eigenvalue weighted by Gasteiger charge is -2.26. The smallest absolute Gasteiger partial charge is 0.256 e. The molecule has 0 atom stereocenters. The van der Waals surface area contributed by atoms with Crippen molar-refractivity contribution in [2.24, 2.45) is 0 Å². The van der Waals surface area contributed by atoms with Gasteiger partial charge in [-0.1, -0.05) is 24.6 Å². The summed E-state index contributed by atoms with van der Waals surface area (Å²) in [6, 6.07) is 7.97. The van der Waals surface area contributed by atoms with E-state index < -0.39 is 0 Å². The number of amides is 1. The number of carbonyl (C=O) groups is 1. The quantitative estimate of drug-likeness (QED) is 0.583. The molecule has 1 fully saturated rings. The molecule has 30 heavy (non-hydrogen) atoms. The summed E-state index contributed by atoms with van der Waals surface area (Å²) in [6.45, 7) is 4.90.